The zero-order valence-electron chi connectivity index (χ0n) is 17.5. The summed E-state index contributed by atoms with van der Waals surface area (Å²) < 4.78 is 43.9. The van der Waals surface area contributed by atoms with E-state index in [-0.39, 0.29) is 11.4 Å². The minimum atomic E-state index is -4.56. The smallest absolute Gasteiger partial charge is 0.350 e. The van der Waals surface area contributed by atoms with Crippen molar-refractivity contribution in [3.63, 3.8) is 0 Å². The van der Waals surface area contributed by atoms with Crippen molar-refractivity contribution in [1.29, 1.82) is 0 Å². The maximum absolute atomic E-state index is 13.5. The van der Waals surface area contributed by atoms with E-state index < -0.39 is 17.6 Å². The molecule has 32 heavy (non-hydrogen) atoms. The second kappa shape index (κ2) is 8.37. The minimum Gasteiger partial charge on any atom is -0.350 e. The van der Waals surface area contributed by atoms with E-state index in [2.05, 4.69) is 10.3 Å². The molecule has 2 aromatic carbocycles. The fraction of sp³-hybridized carbons (Fsp3) is 0.167. The molecule has 0 unspecified atom stereocenters. The third kappa shape index (κ3) is 4.74. The zero-order chi connectivity index (χ0) is 22.9. The molecular weight excluding hydrogens is 417 g/mol. The fourth-order valence-corrected chi connectivity index (χ4v) is 3.42. The summed E-state index contributed by atoms with van der Waals surface area (Å²) in [6.45, 7) is 4.29. The maximum atomic E-state index is 13.5. The molecule has 5 nitrogen and oxygen atoms in total. The van der Waals surface area contributed by atoms with Gasteiger partial charge in [-0.25, -0.2) is 4.98 Å². The molecule has 164 valence electrons. The number of aryl methyl sites for hydroxylation is 2. The molecule has 0 fully saturated rings. The molecule has 2 heterocycles. The third-order valence-corrected chi connectivity index (χ3v) is 5.14. The summed E-state index contributed by atoms with van der Waals surface area (Å²) in [5.41, 5.74) is 2.47. The topological polar surface area (TPSA) is 51.9 Å². The number of aromatic nitrogens is 3. The van der Waals surface area contributed by atoms with Crippen molar-refractivity contribution in [2.45, 2.75) is 26.6 Å². The standard InChI is InChI=1S/C24H21F3N4O/c1-16-5-6-18(9-19(16)14-30-7-3-4-8-30)23(32)29-21-10-20(24(25,26)27)11-22(12-21)31-13-17(2)28-15-31/h3-13,15H,14H2,1-2H3,(H,29,32). The number of alkyl halides is 3. The summed E-state index contributed by atoms with van der Waals surface area (Å²) in [6, 6.07) is 12.5. The van der Waals surface area contributed by atoms with Gasteiger partial charge in [-0.1, -0.05) is 6.07 Å². The van der Waals surface area contributed by atoms with E-state index in [0.717, 1.165) is 23.3 Å². The lowest BCUT2D eigenvalue weighted by molar-refractivity contribution is -0.137. The Balaban J connectivity index is 1.64. The van der Waals surface area contributed by atoms with E-state index in [1.807, 2.05) is 42.1 Å². The van der Waals surface area contributed by atoms with E-state index in [9.17, 15) is 18.0 Å². The third-order valence-electron chi connectivity index (χ3n) is 5.14. The summed E-state index contributed by atoms with van der Waals surface area (Å²) in [5.74, 6) is -0.481. The number of amides is 1. The van der Waals surface area contributed by atoms with Crippen LogP contribution in [0.4, 0.5) is 18.9 Å². The Labute approximate surface area is 183 Å². The number of nitrogens with one attached hydrogen (secondary N) is 1. The number of nitrogens with zero attached hydrogens (tertiary/aromatic N) is 3. The van der Waals surface area contributed by atoms with E-state index in [1.165, 1.54) is 17.0 Å². The van der Waals surface area contributed by atoms with Gasteiger partial charge in [-0.2, -0.15) is 13.2 Å². The molecule has 0 saturated carbocycles. The highest BCUT2D eigenvalue weighted by atomic mass is 19.4. The largest absolute Gasteiger partial charge is 0.416 e. The normalized spacial score (nSPS) is 11.5. The highest BCUT2D eigenvalue weighted by Crippen LogP contribution is 2.33. The number of anilines is 1. The molecule has 4 rings (SSSR count). The Morgan fingerprint density at radius 3 is 2.47 bits per heavy atom. The van der Waals surface area contributed by atoms with Crippen LogP contribution in [0, 0.1) is 13.8 Å². The molecule has 0 aliphatic rings. The molecule has 0 bridgehead atoms. The first-order valence-electron chi connectivity index (χ1n) is 9.94. The average Bonchev–Trinajstić information content (AvgIpc) is 3.40. The predicted molar refractivity (Wildman–Crippen MR) is 116 cm³/mol. The first-order valence-corrected chi connectivity index (χ1v) is 9.94. The molecule has 8 heteroatoms. The molecule has 0 saturated heterocycles. The maximum Gasteiger partial charge on any atom is 0.416 e. The van der Waals surface area contributed by atoms with E-state index in [1.54, 1.807) is 25.3 Å². The lowest BCUT2D eigenvalue weighted by Gasteiger charge is -2.14. The average molecular weight is 438 g/mol. The number of rotatable bonds is 5. The summed E-state index contributed by atoms with van der Waals surface area (Å²) in [6.07, 6.45) is 2.35. The number of benzene rings is 2. The monoisotopic (exact) mass is 438 g/mol. The Hall–Kier alpha value is -3.81. The Kier molecular flexibility index (Phi) is 5.61. The molecule has 1 amide bonds. The minimum absolute atomic E-state index is 0.0544. The van der Waals surface area contributed by atoms with Crippen molar-refractivity contribution in [1.82, 2.24) is 14.1 Å². The van der Waals surface area contributed by atoms with Gasteiger partial charge in [-0.05, 0) is 67.4 Å². The molecule has 4 aromatic rings. The van der Waals surface area contributed by atoms with Crippen LogP contribution in [-0.2, 0) is 12.7 Å². The van der Waals surface area contributed by atoms with Gasteiger partial charge in [0.05, 0.1) is 17.6 Å². The predicted octanol–water partition coefficient (Wildman–Crippen LogP) is 5.61. The Morgan fingerprint density at radius 2 is 1.81 bits per heavy atom. The first kappa shape index (κ1) is 21.4. The van der Waals surface area contributed by atoms with Crippen molar-refractivity contribution >= 4 is 11.6 Å². The first-order chi connectivity index (χ1) is 15.2. The number of carbonyl (C=O) groups is 1. The lowest BCUT2D eigenvalue weighted by atomic mass is 10.0. The number of hydrogen-bond acceptors (Lipinski definition) is 2. The van der Waals surface area contributed by atoms with Gasteiger partial charge >= 0.3 is 6.18 Å². The molecule has 0 atom stereocenters. The van der Waals surface area contributed by atoms with Crippen molar-refractivity contribution < 1.29 is 18.0 Å². The van der Waals surface area contributed by atoms with Gasteiger partial charge in [0.2, 0.25) is 0 Å². The number of hydrogen-bond donors (Lipinski definition) is 1. The van der Waals surface area contributed by atoms with Crippen LogP contribution in [0.1, 0.15) is 32.7 Å². The summed E-state index contributed by atoms with van der Waals surface area (Å²) in [7, 11) is 0. The van der Waals surface area contributed by atoms with Gasteiger partial charge in [0.1, 0.15) is 0 Å². The lowest BCUT2D eigenvalue weighted by Crippen LogP contribution is -2.15. The number of carbonyl (C=O) groups excluding carboxylic acids is 1. The zero-order valence-corrected chi connectivity index (χ0v) is 17.5. The van der Waals surface area contributed by atoms with E-state index in [4.69, 9.17) is 0 Å². The van der Waals surface area contributed by atoms with Gasteiger partial charge in [0.25, 0.3) is 5.91 Å². The van der Waals surface area contributed by atoms with Crippen LogP contribution in [0.25, 0.3) is 5.69 Å². The molecule has 0 aliphatic heterocycles. The van der Waals surface area contributed by atoms with Crippen molar-refractivity contribution in [2.75, 3.05) is 5.32 Å². The molecular formula is C24H21F3N4O. The summed E-state index contributed by atoms with van der Waals surface area (Å²) in [4.78, 5) is 16.9. The Bertz CT molecular complexity index is 1260. The van der Waals surface area contributed by atoms with Gasteiger partial charge < -0.3 is 14.5 Å². The SMILES string of the molecule is Cc1cn(-c2cc(NC(=O)c3ccc(C)c(Cn4cccc4)c3)cc(C(F)(F)F)c2)cn1. The summed E-state index contributed by atoms with van der Waals surface area (Å²) in [5, 5.41) is 2.61. The van der Waals surface area contributed by atoms with Gasteiger partial charge in [0, 0.05) is 42.1 Å². The van der Waals surface area contributed by atoms with E-state index >= 15 is 0 Å². The van der Waals surface area contributed by atoms with Gasteiger partial charge in [0.15, 0.2) is 0 Å². The van der Waals surface area contributed by atoms with Crippen LogP contribution in [0.2, 0.25) is 0 Å². The van der Waals surface area contributed by atoms with Crippen molar-refractivity contribution in [3.8, 4) is 5.69 Å². The van der Waals surface area contributed by atoms with Crippen LogP contribution >= 0.6 is 0 Å². The molecule has 0 radical (unpaired) electrons. The summed E-state index contributed by atoms with van der Waals surface area (Å²) >= 11 is 0. The van der Waals surface area contributed by atoms with Crippen LogP contribution in [0.3, 0.4) is 0 Å². The highest BCUT2D eigenvalue weighted by molar-refractivity contribution is 6.04. The van der Waals surface area contributed by atoms with Crippen LogP contribution in [0.15, 0.2) is 73.4 Å². The molecule has 2 aromatic heterocycles. The van der Waals surface area contributed by atoms with Gasteiger partial charge in [-0.15, -0.1) is 0 Å². The van der Waals surface area contributed by atoms with Crippen LogP contribution in [0.5, 0.6) is 0 Å². The fourth-order valence-electron chi connectivity index (χ4n) is 3.42. The number of halogens is 3. The molecule has 1 N–H and O–H groups in total. The van der Waals surface area contributed by atoms with Gasteiger partial charge in [-0.3, -0.25) is 4.79 Å². The van der Waals surface area contributed by atoms with Crippen molar-refractivity contribution in [2.24, 2.45) is 0 Å². The molecule has 0 aliphatic carbocycles. The number of imidazole rings is 1. The van der Waals surface area contributed by atoms with Crippen LogP contribution < -0.4 is 5.32 Å². The van der Waals surface area contributed by atoms with Crippen molar-refractivity contribution in [3.05, 3.63) is 101 Å². The van der Waals surface area contributed by atoms with E-state index in [0.29, 0.717) is 17.8 Å². The second-order valence-corrected chi connectivity index (χ2v) is 7.64. The second-order valence-electron chi connectivity index (χ2n) is 7.64. The Morgan fingerprint density at radius 1 is 1.06 bits per heavy atom. The van der Waals surface area contributed by atoms with Crippen LogP contribution in [-0.4, -0.2) is 20.0 Å². The molecule has 0 spiro atoms. The quantitative estimate of drug-likeness (QED) is 0.440. The highest BCUT2D eigenvalue weighted by Gasteiger charge is 2.31.